The summed E-state index contributed by atoms with van der Waals surface area (Å²) >= 11 is 0. The number of likely N-dealkylation sites (tertiary alicyclic amines) is 1. The van der Waals surface area contributed by atoms with Gasteiger partial charge in [-0.05, 0) is 25.2 Å². The zero-order valence-electron chi connectivity index (χ0n) is 12.2. The van der Waals surface area contributed by atoms with Crippen molar-refractivity contribution in [3.63, 3.8) is 0 Å². The number of hydrogen-bond donors (Lipinski definition) is 3. The molecule has 1 fully saturated rings. The van der Waals surface area contributed by atoms with Gasteiger partial charge in [-0.15, -0.1) is 0 Å². The largest absolute Gasteiger partial charge is 0.480 e. The summed E-state index contributed by atoms with van der Waals surface area (Å²) in [5.41, 5.74) is 4.99. The number of urea groups is 1. The minimum Gasteiger partial charge on any atom is -0.480 e. The number of hydrogen-bond acceptors (Lipinski definition) is 4. The maximum atomic E-state index is 12.0. The van der Waals surface area contributed by atoms with Crippen molar-refractivity contribution in [3.8, 4) is 0 Å². The molecule has 1 atom stereocenters. The van der Waals surface area contributed by atoms with E-state index in [1.165, 1.54) is 0 Å². The molecule has 120 valence electrons. The Morgan fingerprint density at radius 3 is 2.48 bits per heavy atom. The number of rotatable bonds is 7. The van der Waals surface area contributed by atoms with E-state index in [2.05, 4.69) is 5.32 Å². The van der Waals surface area contributed by atoms with Gasteiger partial charge in [0, 0.05) is 33.2 Å². The molecule has 0 aromatic carbocycles. The molecule has 4 N–H and O–H groups in total. The lowest BCUT2D eigenvalue weighted by Crippen LogP contribution is -2.50. The number of carboxylic acids is 1. The molecule has 3 amide bonds. The smallest absolute Gasteiger partial charge is 0.326 e. The predicted molar refractivity (Wildman–Crippen MR) is 74.6 cm³/mol. The molecule has 8 nitrogen and oxygen atoms in total. The van der Waals surface area contributed by atoms with Gasteiger partial charge in [0.25, 0.3) is 0 Å². The van der Waals surface area contributed by atoms with Gasteiger partial charge in [-0.1, -0.05) is 0 Å². The van der Waals surface area contributed by atoms with Crippen molar-refractivity contribution in [2.75, 3.05) is 26.8 Å². The predicted octanol–water partition coefficient (Wildman–Crippen LogP) is -0.227. The lowest BCUT2D eigenvalue weighted by Gasteiger charge is -2.32. The Morgan fingerprint density at radius 1 is 1.38 bits per heavy atom. The van der Waals surface area contributed by atoms with Crippen LogP contribution in [-0.2, 0) is 14.3 Å². The van der Waals surface area contributed by atoms with Crippen LogP contribution in [0.2, 0.25) is 0 Å². The molecule has 0 aromatic heterocycles. The lowest BCUT2D eigenvalue weighted by molar-refractivity contribution is -0.139. The highest BCUT2D eigenvalue weighted by Crippen LogP contribution is 2.17. The molecule has 0 spiro atoms. The van der Waals surface area contributed by atoms with Crippen molar-refractivity contribution in [1.29, 1.82) is 0 Å². The van der Waals surface area contributed by atoms with Gasteiger partial charge in [-0.2, -0.15) is 0 Å². The zero-order chi connectivity index (χ0) is 15.8. The SMILES string of the molecule is COCC1CCN(C(=O)N[C@@H](CCC(N)=O)C(=O)O)CC1. The maximum absolute atomic E-state index is 12.0. The average Bonchev–Trinajstić information content (AvgIpc) is 2.43. The monoisotopic (exact) mass is 301 g/mol. The third-order valence-electron chi connectivity index (χ3n) is 3.58. The third kappa shape index (κ3) is 5.99. The van der Waals surface area contributed by atoms with Crippen molar-refractivity contribution in [2.24, 2.45) is 11.7 Å². The van der Waals surface area contributed by atoms with Gasteiger partial charge >= 0.3 is 12.0 Å². The van der Waals surface area contributed by atoms with Crippen molar-refractivity contribution in [1.82, 2.24) is 10.2 Å². The molecule has 1 heterocycles. The molecule has 1 aliphatic heterocycles. The summed E-state index contributed by atoms with van der Waals surface area (Å²) in [6.07, 6.45) is 1.59. The highest BCUT2D eigenvalue weighted by molar-refractivity contribution is 5.83. The summed E-state index contributed by atoms with van der Waals surface area (Å²) in [5, 5.41) is 11.5. The summed E-state index contributed by atoms with van der Waals surface area (Å²) in [4.78, 5) is 35.4. The first-order valence-electron chi connectivity index (χ1n) is 6.99. The Bertz CT molecular complexity index is 380. The second-order valence-corrected chi connectivity index (χ2v) is 5.23. The van der Waals surface area contributed by atoms with E-state index in [-0.39, 0.29) is 12.8 Å². The minimum atomic E-state index is -1.17. The number of nitrogens with zero attached hydrogens (tertiary/aromatic N) is 1. The number of ether oxygens (including phenoxy) is 1. The number of nitrogens with two attached hydrogens (primary N) is 1. The first kappa shape index (κ1) is 17.2. The highest BCUT2D eigenvalue weighted by Gasteiger charge is 2.26. The standard InChI is InChI=1S/C13H23N3O5/c1-21-8-9-4-6-16(7-5-9)13(20)15-10(12(18)19)2-3-11(14)17/h9-10H,2-8H2,1H3,(H2,14,17)(H,15,20)(H,18,19)/t10-/m0/s1. The third-order valence-corrected chi connectivity index (χ3v) is 3.58. The summed E-state index contributed by atoms with van der Waals surface area (Å²) in [5.74, 6) is -1.32. The number of carbonyl (C=O) groups is 3. The molecule has 21 heavy (non-hydrogen) atoms. The van der Waals surface area contributed by atoms with Crippen LogP contribution in [0, 0.1) is 5.92 Å². The Labute approximate surface area is 123 Å². The second-order valence-electron chi connectivity index (χ2n) is 5.23. The van der Waals surface area contributed by atoms with Crippen molar-refractivity contribution >= 4 is 17.9 Å². The van der Waals surface area contributed by atoms with Crippen LogP contribution < -0.4 is 11.1 Å². The summed E-state index contributed by atoms with van der Waals surface area (Å²) < 4.78 is 5.09. The normalized spacial score (nSPS) is 17.3. The van der Waals surface area contributed by atoms with Gasteiger partial charge in [0.05, 0.1) is 0 Å². The molecule has 0 radical (unpaired) electrons. The minimum absolute atomic E-state index is 0.00343. The molecule has 0 unspecified atom stereocenters. The topological polar surface area (TPSA) is 122 Å². The number of piperidine rings is 1. The molecule has 0 aliphatic carbocycles. The number of methoxy groups -OCH3 is 1. The molecule has 0 bridgehead atoms. The van der Waals surface area contributed by atoms with Crippen LogP contribution in [0.5, 0.6) is 0 Å². The van der Waals surface area contributed by atoms with Crippen molar-refractivity contribution in [3.05, 3.63) is 0 Å². The number of aliphatic carboxylic acids is 1. The van der Waals surface area contributed by atoms with Crippen LogP contribution >= 0.6 is 0 Å². The van der Waals surface area contributed by atoms with Gasteiger partial charge in [0.1, 0.15) is 6.04 Å². The summed E-state index contributed by atoms with van der Waals surface area (Å²) in [6.45, 7) is 1.82. The number of carboxylic acid groups (broad SMARTS) is 1. The highest BCUT2D eigenvalue weighted by atomic mass is 16.5. The van der Waals surface area contributed by atoms with Crippen LogP contribution in [0.15, 0.2) is 0 Å². The molecule has 0 saturated carbocycles. The molecule has 1 saturated heterocycles. The van der Waals surface area contributed by atoms with Gasteiger partial charge in [0.15, 0.2) is 0 Å². The van der Waals surface area contributed by atoms with E-state index in [1.54, 1.807) is 12.0 Å². The molecule has 1 rings (SSSR count). The number of nitrogens with one attached hydrogen (secondary N) is 1. The fourth-order valence-electron chi connectivity index (χ4n) is 2.32. The van der Waals surface area contributed by atoms with Gasteiger partial charge < -0.3 is 25.8 Å². The van der Waals surface area contributed by atoms with Gasteiger partial charge in [0.2, 0.25) is 5.91 Å². The fraction of sp³-hybridized carbons (Fsp3) is 0.769. The van der Waals surface area contributed by atoms with Crippen LogP contribution in [0.1, 0.15) is 25.7 Å². The van der Waals surface area contributed by atoms with Crippen LogP contribution in [0.3, 0.4) is 0 Å². The number of amides is 3. The maximum Gasteiger partial charge on any atom is 0.326 e. The van der Waals surface area contributed by atoms with E-state index >= 15 is 0 Å². The quantitative estimate of drug-likeness (QED) is 0.599. The molecule has 0 aromatic rings. The van der Waals surface area contributed by atoms with Crippen LogP contribution in [0.4, 0.5) is 4.79 Å². The van der Waals surface area contributed by atoms with E-state index in [0.717, 1.165) is 12.8 Å². The Hall–Kier alpha value is -1.83. The van der Waals surface area contributed by atoms with Crippen LogP contribution in [0.25, 0.3) is 0 Å². The fourth-order valence-corrected chi connectivity index (χ4v) is 2.32. The Kier molecular flexibility index (Phi) is 6.93. The average molecular weight is 301 g/mol. The Balaban J connectivity index is 2.43. The molecule has 8 heteroatoms. The van der Waals surface area contributed by atoms with Crippen molar-refractivity contribution in [2.45, 2.75) is 31.7 Å². The van der Waals surface area contributed by atoms with E-state index in [1.807, 2.05) is 0 Å². The molecule has 1 aliphatic rings. The second kappa shape index (κ2) is 8.46. The Morgan fingerprint density at radius 2 is 2.00 bits per heavy atom. The van der Waals surface area contributed by atoms with E-state index in [0.29, 0.717) is 25.6 Å². The molecular weight excluding hydrogens is 278 g/mol. The first-order valence-corrected chi connectivity index (χ1v) is 6.99. The number of primary amides is 1. The summed E-state index contributed by atoms with van der Waals surface area (Å²) in [7, 11) is 1.65. The van der Waals surface area contributed by atoms with E-state index in [4.69, 9.17) is 15.6 Å². The van der Waals surface area contributed by atoms with Crippen molar-refractivity contribution < 1.29 is 24.2 Å². The lowest BCUT2D eigenvalue weighted by atomic mass is 9.98. The zero-order valence-corrected chi connectivity index (χ0v) is 12.2. The molecular formula is C13H23N3O5. The van der Waals surface area contributed by atoms with Gasteiger partial charge in [-0.25, -0.2) is 9.59 Å². The number of carbonyl (C=O) groups excluding carboxylic acids is 2. The van der Waals surface area contributed by atoms with E-state index in [9.17, 15) is 14.4 Å². The first-order chi connectivity index (χ1) is 9.93. The van der Waals surface area contributed by atoms with Crippen LogP contribution in [-0.4, -0.2) is 60.8 Å². The van der Waals surface area contributed by atoms with E-state index < -0.39 is 23.9 Å². The summed E-state index contributed by atoms with van der Waals surface area (Å²) in [6, 6.07) is -1.51. The van der Waals surface area contributed by atoms with Gasteiger partial charge in [-0.3, -0.25) is 4.79 Å².